The monoisotopic (exact) mass is 297 g/mol. The molecule has 0 aliphatic carbocycles. The Kier molecular flexibility index (Phi) is 3.80. The molecule has 106 valence electrons. The Hall–Kier alpha value is -2.28. The summed E-state index contributed by atoms with van der Waals surface area (Å²) in [6, 6.07) is 8.69. The third-order valence-corrected chi connectivity index (χ3v) is 3.95. The van der Waals surface area contributed by atoms with Gasteiger partial charge in [0.25, 0.3) is 10.0 Å². The van der Waals surface area contributed by atoms with E-state index in [9.17, 15) is 12.8 Å². The molecule has 0 atom stereocenters. The van der Waals surface area contributed by atoms with Gasteiger partial charge in [0.05, 0.1) is 17.7 Å². The van der Waals surface area contributed by atoms with Gasteiger partial charge in [0, 0.05) is 6.07 Å². The Morgan fingerprint density at radius 2 is 1.80 bits per heavy atom. The van der Waals surface area contributed by atoms with Crippen LogP contribution < -0.4 is 9.46 Å². The summed E-state index contributed by atoms with van der Waals surface area (Å²) in [6.45, 7) is 0. The van der Waals surface area contributed by atoms with Gasteiger partial charge in [-0.2, -0.15) is 0 Å². The number of ether oxygens (including phenoxy) is 1. The minimum absolute atomic E-state index is 0.0152. The summed E-state index contributed by atoms with van der Waals surface area (Å²) >= 11 is 0. The molecule has 2 aromatic rings. The number of hydrogen-bond donors (Lipinski definition) is 2. The molecule has 0 aromatic heterocycles. The molecule has 0 aliphatic heterocycles. The number of rotatable bonds is 4. The number of aromatic hydroxyl groups is 1. The molecule has 0 aliphatic rings. The summed E-state index contributed by atoms with van der Waals surface area (Å²) in [4.78, 5) is -0.0152. The molecule has 2 N–H and O–H groups in total. The molecule has 0 radical (unpaired) electrons. The van der Waals surface area contributed by atoms with Gasteiger partial charge in [-0.15, -0.1) is 0 Å². The van der Waals surface area contributed by atoms with E-state index in [0.717, 1.165) is 6.07 Å². The second-order valence-corrected chi connectivity index (χ2v) is 5.63. The molecular formula is C13H12FNO4S. The Balaban J connectivity index is 2.30. The van der Waals surface area contributed by atoms with E-state index in [1.165, 1.54) is 43.5 Å². The third kappa shape index (κ3) is 3.00. The highest BCUT2D eigenvalue weighted by Gasteiger charge is 2.15. The van der Waals surface area contributed by atoms with Crippen LogP contribution in [0.3, 0.4) is 0 Å². The van der Waals surface area contributed by atoms with E-state index in [0.29, 0.717) is 0 Å². The van der Waals surface area contributed by atoms with E-state index in [1.54, 1.807) is 0 Å². The van der Waals surface area contributed by atoms with Crippen LogP contribution in [0.25, 0.3) is 0 Å². The van der Waals surface area contributed by atoms with Gasteiger partial charge >= 0.3 is 0 Å². The lowest BCUT2D eigenvalue weighted by atomic mass is 10.3. The number of hydrogen-bond acceptors (Lipinski definition) is 4. The summed E-state index contributed by atoms with van der Waals surface area (Å²) in [6.07, 6.45) is 0. The molecule has 2 rings (SSSR count). The van der Waals surface area contributed by atoms with Crippen molar-refractivity contribution in [3.05, 3.63) is 48.3 Å². The number of anilines is 1. The smallest absolute Gasteiger partial charge is 0.261 e. The van der Waals surface area contributed by atoms with Gasteiger partial charge in [0.2, 0.25) is 0 Å². The number of benzene rings is 2. The first kappa shape index (κ1) is 14.1. The molecule has 0 fully saturated rings. The summed E-state index contributed by atoms with van der Waals surface area (Å²) in [5, 5.41) is 9.14. The molecule has 0 spiro atoms. The molecule has 7 heteroatoms. The molecule has 0 unspecified atom stereocenters. The maximum Gasteiger partial charge on any atom is 0.261 e. The number of methoxy groups -OCH3 is 1. The second-order valence-electron chi connectivity index (χ2n) is 3.95. The first-order valence-electron chi connectivity index (χ1n) is 5.58. The van der Waals surface area contributed by atoms with Crippen LogP contribution in [0.2, 0.25) is 0 Å². The summed E-state index contributed by atoms with van der Waals surface area (Å²) in [5.41, 5.74) is 0.177. The number of nitrogens with one attached hydrogen (secondary N) is 1. The zero-order valence-corrected chi connectivity index (χ0v) is 11.3. The van der Waals surface area contributed by atoms with E-state index in [-0.39, 0.29) is 22.1 Å². The molecular weight excluding hydrogens is 285 g/mol. The Bertz CT molecular complexity index is 714. The quantitative estimate of drug-likeness (QED) is 0.908. The van der Waals surface area contributed by atoms with Gasteiger partial charge in [0.15, 0.2) is 11.6 Å². The fourth-order valence-corrected chi connectivity index (χ4v) is 2.61. The maximum absolute atomic E-state index is 13.2. The molecule has 5 nitrogen and oxygen atoms in total. The van der Waals surface area contributed by atoms with Crippen molar-refractivity contribution in [2.24, 2.45) is 0 Å². The molecule has 0 saturated heterocycles. The predicted molar refractivity (Wildman–Crippen MR) is 71.9 cm³/mol. The van der Waals surface area contributed by atoms with Crippen molar-refractivity contribution in [1.29, 1.82) is 0 Å². The number of phenols is 1. The summed E-state index contributed by atoms with van der Waals surface area (Å²) in [7, 11) is -2.52. The van der Waals surface area contributed by atoms with Crippen molar-refractivity contribution in [3.8, 4) is 11.5 Å². The zero-order valence-electron chi connectivity index (χ0n) is 10.5. The van der Waals surface area contributed by atoms with Crippen LogP contribution in [0.15, 0.2) is 47.4 Å². The lowest BCUT2D eigenvalue weighted by Gasteiger charge is -2.09. The lowest BCUT2D eigenvalue weighted by molar-refractivity contribution is 0.387. The van der Waals surface area contributed by atoms with Gasteiger partial charge in [-0.25, -0.2) is 12.8 Å². The zero-order chi connectivity index (χ0) is 14.8. The highest BCUT2D eigenvalue weighted by Crippen LogP contribution is 2.24. The first-order chi connectivity index (χ1) is 9.42. The van der Waals surface area contributed by atoms with Crippen LogP contribution in [0.5, 0.6) is 11.5 Å². The van der Waals surface area contributed by atoms with E-state index in [1.807, 2.05) is 0 Å². The second kappa shape index (κ2) is 5.38. The summed E-state index contributed by atoms with van der Waals surface area (Å²) < 4.78 is 44.5. The Morgan fingerprint density at radius 3 is 2.40 bits per heavy atom. The third-order valence-electron chi connectivity index (χ3n) is 2.55. The fraction of sp³-hybridized carbons (Fsp3) is 0.0769. The van der Waals surface area contributed by atoms with Crippen molar-refractivity contribution in [2.45, 2.75) is 4.90 Å². The van der Waals surface area contributed by atoms with Gasteiger partial charge in [-0.05, 0) is 36.4 Å². The van der Waals surface area contributed by atoms with E-state index < -0.39 is 15.8 Å². The highest BCUT2D eigenvalue weighted by atomic mass is 32.2. The minimum Gasteiger partial charge on any atom is -0.508 e. The van der Waals surface area contributed by atoms with E-state index in [2.05, 4.69) is 4.72 Å². The fourth-order valence-electron chi connectivity index (χ4n) is 1.56. The van der Waals surface area contributed by atoms with Crippen molar-refractivity contribution < 1.29 is 22.7 Å². The van der Waals surface area contributed by atoms with Crippen LogP contribution in [0.4, 0.5) is 10.1 Å². The SMILES string of the molecule is COc1cc(NS(=O)(=O)c2ccc(O)cc2)ccc1F. The van der Waals surface area contributed by atoms with E-state index >= 15 is 0 Å². The van der Waals surface area contributed by atoms with Gasteiger partial charge in [0.1, 0.15) is 5.75 Å². The van der Waals surface area contributed by atoms with Crippen LogP contribution in [-0.4, -0.2) is 20.6 Å². The molecule has 0 amide bonds. The molecule has 0 bridgehead atoms. The van der Waals surface area contributed by atoms with Gasteiger partial charge in [-0.3, -0.25) is 4.72 Å². The predicted octanol–water partition coefficient (Wildman–Crippen LogP) is 2.34. The van der Waals surface area contributed by atoms with Crippen molar-refractivity contribution in [2.75, 3.05) is 11.8 Å². The van der Waals surface area contributed by atoms with Crippen LogP contribution in [-0.2, 0) is 10.0 Å². The van der Waals surface area contributed by atoms with Crippen molar-refractivity contribution in [3.63, 3.8) is 0 Å². The van der Waals surface area contributed by atoms with Crippen LogP contribution in [0.1, 0.15) is 0 Å². The average molecular weight is 297 g/mol. The normalized spacial score (nSPS) is 11.1. The van der Waals surface area contributed by atoms with E-state index in [4.69, 9.17) is 9.84 Å². The van der Waals surface area contributed by atoms with Crippen molar-refractivity contribution in [1.82, 2.24) is 0 Å². The summed E-state index contributed by atoms with van der Waals surface area (Å²) in [5.74, 6) is -0.677. The first-order valence-corrected chi connectivity index (χ1v) is 7.06. The highest BCUT2D eigenvalue weighted by molar-refractivity contribution is 7.92. The van der Waals surface area contributed by atoms with Crippen LogP contribution in [0, 0.1) is 5.82 Å². The van der Waals surface area contributed by atoms with Crippen molar-refractivity contribution >= 4 is 15.7 Å². The molecule has 20 heavy (non-hydrogen) atoms. The topological polar surface area (TPSA) is 75.6 Å². The Morgan fingerprint density at radius 1 is 1.15 bits per heavy atom. The molecule has 0 heterocycles. The molecule has 0 saturated carbocycles. The Labute approximate surface area is 115 Å². The van der Waals surface area contributed by atoms with Gasteiger partial charge in [-0.1, -0.05) is 0 Å². The largest absolute Gasteiger partial charge is 0.508 e. The van der Waals surface area contributed by atoms with Crippen LogP contribution >= 0.6 is 0 Å². The maximum atomic E-state index is 13.2. The lowest BCUT2D eigenvalue weighted by Crippen LogP contribution is -2.12. The number of sulfonamides is 1. The average Bonchev–Trinajstić information content (AvgIpc) is 2.41. The molecule has 2 aromatic carbocycles. The number of phenolic OH excluding ortho intramolecular Hbond substituents is 1. The minimum atomic E-state index is -3.81. The standard InChI is InChI=1S/C13H12FNO4S/c1-19-13-8-9(2-7-12(13)14)15-20(17,18)11-5-3-10(16)4-6-11/h2-8,15-16H,1H3. The number of halogens is 1. The van der Waals surface area contributed by atoms with Gasteiger partial charge < -0.3 is 9.84 Å².